The van der Waals surface area contributed by atoms with Crippen molar-refractivity contribution in [1.29, 1.82) is 0 Å². The number of Topliss-reactive ketones (excluding diaryl/α,β-unsaturated/α-hetero) is 1. The SMILES string of the molecule is C#CC.O=C1CC2CCCC(C1)N2C(=O)O. The molecule has 1 N–H and O–H groups in total. The first-order valence-electron chi connectivity index (χ1n) is 5.50. The van der Waals surface area contributed by atoms with Gasteiger partial charge in [-0.15, -0.1) is 12.3 Å². The minimum Gasteiger partial charge on any atom is -0.465 e. The largest absolute Gasteiger partial charge is 0.465 e. The molecule has 2 fully saturated rings. The zero-order chi connectivity index (χ0) is 12.1. The van der Waals surface area contributed by atoms with Gasteiger partial charge in [0.2, 0.25) is 0 Å². The van der Waals surface area contributed by atoms with Crippen LogP contribution < -0.4 is 0 Å². The van der Waals surface area contributed by atoms with Crippen molar-refractivity contribution in [3.8, 4) is 12.3 Å². The van der Waals surface area contributed by atoms with Crippen LogP contribution in [-0.2, 0) is 4.79 Å². The van der Waals surface area contributed by atoms with Crippen molar-refractivity contribution in [3.05, 3.63) is 0 Å². The van der Waals surface area contributed by atoms with Crippen LogP contribution in [0.25, 0.3) is 0 Å². The second kappa shape index (κ2) is 5.55. The van der Waals surface area contributed by atoms with Crippen LogP contribution in [0.5, 0.6) is 0 Å². The zero-order valence-corrected chi connectivity index (χ0v) is 9.48. The molecule has 0 radical (unpaired) electrons. The maximum atomic E-state index is 11.2. The molecule has 4 nitrogen and oxygen atoms in total. The number of amides is 1. The fourth-order valence-electron chi connectivity index (χ4n) is 2.49. The number of terminal acetylenes is 1. The topological polar surface area (TPSA) is 57.6 Å². The van der Waals surface area contributed by atoms with E-state index in [1.807, 2.05) is 0 Å². The number of nitrogens with zero attached hydrogens (tertiary/aromatic N) is 1. The summed E-state index contributed by atoms with van der Waals surface area (Å²) >= 11 is 0. The Morgan fingerprint density at radius 3 is 2.25 bits per heavy atom. The lowest BCUT2D eigenvalue weighted by Gasteiger charge is -2.43. The van der Waals surface area contributed by atoms with Gasteiger partial charge in [-0.1, -0.05) is 0 Å². The Morgan fingerprint density at radius 1 is 1.44 bits per heavy atom. The van der Waals surface area contributed by atoms with Crippen molar-refractivity contribution >= 4 is 11.9 Å². The van der Waals surface area contributed by atoms with Crippen LogP contribution in [0.15, 0.2) is 0 Å². The number of hydrogen-bond donors (Lipinski definition) is 1. The maximum absolute atomic E-state index is 11.2. The van der Waals surface area contributed by atoms with Crippen molar-refractivity contribution in [2.24, 2.45) is 0 Å². The van der Waals surface area contributed by atoms with Gasteiger partial charge in [0.25, 0.3) is 0 Å². The van der Waals surface area contributed by atoms with Crippen molar-refractivity contribution in [2.45, 2.75) is 51.1 Å². The lowest BCUT2D eigenvalue weighted by atomic mass is 9.84. The standard InChI is InChI=1S/C9H13NO3.C3H4/c11-8-4-6-2-1-3-7(5-8)10(6)9(12)13;1-3-2/h6-7H,1-5H2,(H,12,13);1H,2H3. The average Bonchev–Trinajstić information content (AvgIpc) is 2.16. The summed E-state index contributed by atoms with van der Waals surface area (Å²) in [5.41, 5.74) is 0. The van der Waals surface area contributed by atoms with Gasteiger partial charge in [0.1, 0.15) is 5.78 Å². The van der Waals surface area contributed by atoms with Gasteiger partial charge in [-0.05, 0) is 26.2 Å². The van der Waals surface area contributed by atoms with E-state index < -0.39 is 6.09 Å². The third-order valence-corrected chi connectivity index (χ3v) is 3.01. The van der Waals surface area contributed by atoms with Crippen molar-refractivity contribution in [3.63, 3.8) is 0 Å². The normalized spacial score (nSPS) is 27.5. The number of rotatable bonds is 0. The summed E-state index contributed by atoms with van der Waals surface area (Å²) in [5.74, 6) is 2.48. The monoisotopic (exact) mass is 223 g/mol. The van der Waals surface area contributed by atoms with Crippen LogP contribution in [0.3, 0.4) is 0 Å². The van der Waals surface area contributed by atoms with Crippen molar-refractivity contribution < 1.29 is 14.7 Å². The second-order valence-electron chi connectivity index (χ2n) is 4.16. The summed E-state index contributed by atoms with van der Waals surface area (Å²) in [4.78, 5) is 23.6. The molecule has 0 aromatic heterocycles. The molecule has 2 bridgehead atoms. The molecule has 2 heterocycles. The minimum absolute atomic E-state index is 0.0301. The van der Waals surface area contributed by atoms with Gasteiger partial charge < -0.3 is 10.0 Å². The maximum Gasteiger partial charge on any atom is 0.407 e. The summed E-state index contributed by atoms with van der Waals surface area (Å²) in [6.07, 6.45) is 7.38. The number of piperidine rings is 2. The summed E-state index contributed by atoms with van der Waals surface area (Å²) in [7, 11) is 0. The van der Waals surface area contributed by atoms with E-state index in [-0.39, 0.29) is 17.9 Å². The van der Waals surface area contributed by atoms with Crippen LogP contribution in [0.2, 0.25) is 0 Å². The van der Waals surface area contributed by atoms with Crippen LogP contribution in [0, 0.1) is 12.3 Å². The van der Waals surface area contributed by atoms with Gasteiger partial charge in [-0.3, -0.25) is 4.79 Å². The highest BCUT2D eigenvalue weighted by molar-refractivity contribution is 5.82. The third kappa shape index (κ3) is 2.75. The van der Waals surface area contributed by atoms with E-state index in [1.54, 1.807) is 6.92 Å². The smallest absolute Gasteiger partial charge is 0.407 e. The van der Waals surface area contributed by atoms with Crippen LogP contribution in [-0.4, -0.2) is 34.0 Å². The lowest BCUT2D eigenvalue weighted by Crippen LogP contribution is -2.54. The summed E-state index contributed by atoms with van der Waals surface area (Å²) in [5, 5.41) is 8.94. The number of ketones is 1. The molecule has 2 atom stereocenters. The highest BCUT2D eigenvalue weighted by atomic mass is 16.4. The quantitative estimate of drug-likeness (QED) is 0.638. The molecule has 2 aliphatic heterocycles. The number of fused-ring (bicyclic) bond motifs is 2. The molecule has 2 saturated heterocycles. The molecule has 2 unspecified atom stereocenters. The van der Waals surface area contributed by atoms with E-state index in [4.69, 9.17) is 5.11 Å². The van der Waals surface area contributed by atoms with Crippen LogP contribution in [0.4, 0.5) is 4.79 Å². The van der Waals surface area contributed by atoms with E-state index in [0.717, 1.165) is 19.3 Å². The summed E-state index contributed by atoms with van der Waals surface area (Å²) in [6.45, 7) is 1.65. The number of carboxylic acid groups (broad SMARTS) is 1. The van der Waals surface area contributed by atoms with Crippen molar-refractivity contribution in [2.75, 3.05) is 0 Å². The highest BCUT2D eigenvalue weighted by Crippen LogP contribution is 2.31. The Kier molecular flexibility index (Phi) is 4.36. The Hall–Kier alpha value is -1.50. The average molecular weight is 223 g/mol. The molecule has 2 aliphatic rings. The predicted octanol–water partition coefficient (Wildman–Crippen LogP) is 1.89. The Morgan fingerprint density at radius 2 is 1.88 bits per heavy atom. The van der Waals surface area contributed by atoms with E-state index >= 15 is 0 Å². The third-order valence-electron chi connectivity index (χ3n) is 3.01. The van der Waals surface area contributed by atoms with Gasteiger partial charge in [0.15, 0.2) is 0 Å². The summed E-state index contributed by atoms with van der Waals surface area (Å²) in [6, 6.07) is -0.0602. The first-order valence-corrected chi connectivity index (χ1v) is 5.50. The minimum atomic E-state index is -0.859. The summed E-state index contributed by atoms with van der Waals surface area (Å²) < 4.78 is 0. The molecule has 0 saturated carbocycles. The van der Waals surface area contributed by atoms with E-state index in [1.165, 1.54) is 4.90 Å². The van der Waals surface area contributed by atoms with Gasteiger partial charge in [0, 0.05) is 24.9 Å². The first-order chi connectivity index (χ1) is 7.60. The van der Waals surface area contributed by atoms with Crippen LogP contribution in [0.1, 0.15) is 39.0 Å². The van der Waals surface area contributed by atoms with E-state index in [9.17, 15) is 9.59 Å². The molecule has 2 rings (SSSR count). The second-order valence-corrected chi connectivity index (χ2v) is 4.16. The molecule has 1 amide bonds. The molecule has 16 heavy (non-hydrogen) atoms. The van der Waals surface area contributed by atoms with Gasteiger partial charge in [0.05, 0.1) is 0 Å². The van der Waals surface area contributed by atoms with Gasteiger partial charge >= 0.3 is 6.09 Å². The van der Waals surface area contributed by atoms with Gasteiger partial charge in [-0.25, -0.2) is 4.79 Å². The molecular formula is C12H17NO3. The Bertz CT molecular complexity index is 303. The van der Waals surface area contributed by atoms with Crippen LogP contribution >= 0.6 is 0 Å². The molecule has 0 aliphatic carbocycles. The molecule has 0 aromatic rings. The van der Waals surface area contributed by atoms with E-state index in [0.29, 0.717) is 12.8 Å². The predicted molar refractivity (Wildman–Crippen MR) is 60.0 cm³/mol. The Balaban J connectivity index is 0.000000386. The first kappa shape index (κ1) is 12.6. The van der Waals surface area contributed by atoms with Gasteiger partial charge in [-0.2, -0.15) is 0 Å². The van der Waals surface area contributed by atoms with Crippen molar-refractivity contribution in [1.82, 2.24) is 4.90 Å². The zero-order valence-electron chi connectivity index (χ0n) is 9.48. The number of hydrogen-bond acceptors (Lipinski definition) is 2. The lowest BCUT2D eigenvalue weighted by molar-refractivity contribution is -0.125. The number of carbonyl (C=O) groups is 2. The fourth-order valence-corrected chi connectivity index (χ4v) is 2.49. The van der Waals surface area contributed by atoms with E-state index in [2.05, 4.69) is 12.3 Å². The molecule has 88 valence electrons. The molecular weight excluding hydrogens is 206 g/mol. The number of carbonyl (C=O) groups excluding carboxylic acids is 1. The molecule has 4 heteroatoms. The fraction of sp³-hybridized carbons (Fsp3) is 0.667. The molecule has 0 spiro atoms. The highest BCUT2D eigenvalue weighted by Gasteiger charge is 2.40. The Labute approximate surface area is 95.6 Å². The molecule has 0 aromatic carbocycles.